The molecule has 0 bridgehead atoms. The minimum Gasteiger partial charge on any atom is -0.353 e. The summed E-state index contributed by atoms with van der Waals surface area (Å²) in [5, 5.41) is 12.3. The number of aryl methyl sites for hydroxylation is 1. The molecule has 1 aliphatic carbocycles. The van der Waals surface area contributed by atoms with Crippen LogP contribution in [0.2, 0.25) is 0 Å². The van der Waals surface area contributed by atoms with Crippen molar-refractivity contribution in [3.05, 3.63) is 41.7 Å². The van der Waals surface area contributed by atoms with Crippen LogP contribution in [0.1, 0.15) is 43.2 Å². The Morgan fingerprint density at radius 3 is 2.75 bits per heavy atom. The number of rotatable bonds is 6. The normalized spacial score (nSPS) is 15.0. The van der Waals surface area contributed by atoms with Crippen molar-refractivity contribution >= 4 is 28.8 Å². The summed E-state index contributed by atoms with van der Waals surface area (Å²) in [6.07, 6.45) is 7.36. The summed E-state index contributed by atoms with van der Waals surface area (Å²) in [5.41, 5.74) is 3.69. The van der Waals surface area contributed by atoms with Crippen molar-refractivity contribution < 1.29 is 4.79 Å². The van der Waals surface area contributed by atoms with Crippen molar-refractivity contribution in [2.75, 3.05) is 5.75 Å². The third kappa shape index (κ3) is 4.49. The van der Waals surface area contributed by atoms with Crippen LogP contribution in [0.5, 0.6) is 0 Å². The van der Waals surface area contributed by atoms with E-state index in [1.54, 1.807) is 4.68 Å². The van der Waals surface area contributed by atoms with Crippen molar-refractivity contribution in [3.8, 4) is 0 Å². The van der Waals surface area contributed by atoms with Crippen LogP contribution in [0.15, 0.2) is 35.6 Å². The van der Waals surface area contributed by atoms with Gasteiger partial charge in [0.05, 0.1) is 12.3 Å². The summed E-state index contributed by atoms with van der Waals surface area (Å²) < 4.78 is 1.77. The highest BCUT2D eigenvalue weighted by atomic mass is 32.2. The molecule has 146 valence electrons. The number of carbonyl (C=O) groups excluding carboxylic acids is 1. The predicted octanol–water partition coefficient (Wildman–Crippen LogP) is 3.12. The summed E-state index contributed by atoms with van der Waals surface area (Å²) in [5.74, 6) is 0.378. The Labute approximate surface area is 168 Å². The first-order chi connectivity index (χ1) is 13.7. The number of thioether (sulfide) groups is 1. The zero-order chi connectivity index (χ0) is 19.3. The second kappa shape index (κ2) is 8.68. The number of amides is 1. The van der Waals surface area contributed by atoms with E-state index in [9.17, 15) is 4.79 Å². The van der Waals surface area contributed by atoms with Crippen LogP contribution in [-0.2, 0) is 11.3 Å². The Balaban J connectivity index is 1.42. The first-order valence-electron chi connectivity index (χ1n) is 9.71. The Bertz CT molecular complexity index is 949. The molecular weight excluding hydrogens is 372 g/mol. The van der Waals surface area contributed by atoms with Gasteiger partial charge < -0.3 is 5.32 Å². The minimum absolute atomic E-state index is 0.0516. The van der Waals surface area contributed by atoms with Crippen LogP contribution in [0.25, 0.3) is 11.2 Å². The fourth-order valence-corrected chi connectivity index (χ4v) is 4.24. The van der Waals surface area contributed by atoms with Gasteiger partial charge in [-0.15, -0.1) is 5.10 Å². The van der Waals surface area contributed by atoms with Gasteiger partial charge in [0.2, 0.25) is 5.91 Å². The van der Waals surface area contributed by atoms with Crippen LogP contribution >= 0.6 is 11.8 Å². The number of fused-ring (bicyclic) bond motifs is 1. The fourth-order valence-electron chi connectivity index (χ4n) is 3.50. The van der Waals surface area contributed by atoms with Crippen molar-refractivity contribution in [2.45, 2.75) is 56.6 Å². The molecule has 8 heteroatoms. The third-order valence-corrected chi connectivity index (χ3v) is 6.01. The lowest BCUT2D eigenvalue weighted by Crippen LogP contribution is -2.37. The number of carbonyl (C=O) groups is 1. The molecule has 0 aliphatic heterocycles. The molecule has 1 fully saturated rings. The van der Waals surface area contributed by atoms with Gasteiger partial charge in [0, 0.05) is 6.04 Å². The van der Waals surface area contributed by atoms with Gasteiger partial charge in [-0.05, 0) is 25.3 Å². The first-order valence-corrected chi connectivity index (χ1v) is 10.7. The summed E-state index contributed by atoms with van der Waals surface area (Å²) in [6.45, 7) is 2.66. The topological polar surface area (TPSA) is 85.6 Å². The second-order valence-corrected chi connectivity index (χ2v) is 8.24. The zero-order valence-electron chi connectivity index (χ0n) is 16.0. The van der Waals surface area contributed by atoms with Crippen LogP contribution in [-0.4, -0.2) is 42.7 Å². The molecule has 1 amide bonds. The monoisotopic (exact) mass is 396 g/mol. The molecule has 2 aromatic heterocycles. The quantitative estimate of drug-likeness (QED) is 0.509. The lowest BCUT2D eigenvalue weighted by Gasteiger charge is -2.22. The molecule has 2 heterocycles. The van der Waals surface area contributed by atoms with Crippen LogP contribution < -0.4 is 5.32 Å². The largest absolute Gasteiger partial charge is 0.353 e. The van der Waals surface area contributed by atoms with Crippen molar-refractivity contribution in [1.29, 1.82) is 0 Å². The Morgan fingerprint density at radius 2 is 1.96 bits per heavy atom. The molecule has 0 unspecified atom stereocenters. The highest BCUT2D eigenvalue weighted by molar-refractivity contribution is 8.00. The Morgan fingerprint density at radius 1 is 1.18 bits per heavy atom. The van der Waals surface area contributed by atoms with Gasteiger partial charge >= 0.3 is 0 Å². The molecule has 0 radical (unpaired) electrons. The molecule has 1 aromatic carbocycles. The van der Waals surface area contributed by atoms with Gasteiger partial charge in [-0.1, -0.05) is 66.1 Å². The van der Waals surface area contributed by atoms with Gasteiger partial charge in [-0.3, -0.25) is 4.79 Å². The van der Waals surface area contributed by atoms with E-state index in [1.807, 2.05) is 0 Å². The smallest absolute Gasteiger partial charge is 0.230 e. The van der Waals surface area contributed by atoms with Crippen LogP contribution in [0.3, 0.4) is 0 Å². The molecule has 0 saturated heterocycles. The molecular formula is C20H24N6OS. The zero-order valence-corrected chi connectivity index (χ0v) is 16.8. The summed E-state index contributed by atoms with van der Waals surface area (Å²) in [4.78, 5) is 20.9. The van der Waals surface area contributed by atoms with E-state index in [0.29, 0.717) is 34.5 Å². The average molecular weight is 397 g/mol. The molecule has 0 spiro atoms. The maximum absolute atomic E-state index is 12.3. The number of nitrogens with zero attached hydrogens (tertiary/aromatic N) is 5. The van der Waals surface area contributed by atoms with Gasteiger partial charge in [0.25, 0.3) is 0 Å². The molecule has 28 heavy (non-hydrogen) atoms. The van der Waals surface area contributed by atoms with Gasteiger partial charge in [0.1, 0.15) is 11.4 Å². The standard InChI is InChI=1S/C20H24N6OS/c1-14-7-9-15(10-8-14)11-26-19-18(24-25-26)20(22-13-21-19)28-12-17(27)23-16-5-3-2-4-6-16/h7-10,13,16H,2-6,11-12H2,1H3,(H,23,27). The van der Waals surface area contributed by atoms with E-state index in [0.717, 1.165) is 18.4 Å². The third-order valence-electron chi connectivity index (χ3n) is 5.03. The van der Waals surface area contributed by atoms with Crippen molar-refractivity contribution in [3.63, 3.8) is 0 Å². The molecule has 3 aromatic rings. The second-order valence-electron chi connectivity index (χ2n) is 7.27. The summed E-state index contributed by atoms with van der Waals surface area (Å²) in [6, 6.07) is 8.64. The fraction of sp³-hybridized carbons (Fsp3) is 0.450. The summed E-state index contributed by atoms with van der Waals surface area (Å²) in [7, 11) is 0. The van der Waals surface area contributed by atoms with E-state index >= 15 is 0 Å². The lowest BCUT2D eigenvalue weighted by atomic mass is 9.95. The summed E-state index contributed by atoms with van der Waals surface area (Å²) >= 11 is 1.39. The van der Waals surface area contributed by atoms with Gasteiger partial charge in [-0.25, -0.2) is 14.6 Å². The number of aromatic nitrogens is 5. The van der Waals surface area contributed by atoms with Crippen molar-refractivity contribution in [2.24, 2.45) is 0 Å². The van der Waals surface area contributed by atoms with E-state index in [2.05, 4.69) is 56.8 Å². The molecule has 1 aliphatic rings. The highest BCUT2D eigenvalue weighted by Gasteiger charge is 2.17. The maximum atomic E-state index is 12.3. The van der Waals surface area contributed by atoms with Gasteiger partial charge in [-0.2, -0.15) is 0 Å². The highest BCUT2D eigenvalue weighted by Crippen LogP contribution is 2.23. The number of hydrogen-bond acceptors (Lipinski definition) is 6. The average Bonchev–Trinajstić information content (AvgIpc) is 3.12. The number of benzene rings is 1. The lowest BCUT2D eigenvalue weighted by molar-refractivity contribution is -0.119. The van der Waals surface area contributed by atoms with E-state index in [-0.39, 0.29) is 5.91 Å². The van der Waals surface area contributed by atoms with Crippen LogP contribution in [0, 0.1) is 6.92 Å². The maximum Gasteiger partial charge on any atom is 0.230 e. The minimum atomic E-state index is 0.0516. The first kappa shape index (κ1) is 18.9. The van der Waals surface area contributed by atoms with Gasteiger partial charge in [0.15, 0.2) is 11.2 Å². The van der Waals surface area contributed by atoms with Crippen molar-refractivity contribution in [1.82, 2.24) is 30.3 Å². The molecule has 1 saturated carbocycles. The van der Waals surface area contributed by atoms with E-state index < -0.39 is 0 Å². The van der Waals surface area contributed by atoms with Crippen LogP contribution in [0.4, 0.5) is 0 Å². The molecule has 7 nitrogen and oxygen atoms in total. The SMILES string of the molecule is Cc1ccc(Cn2nnc3c(SCC(=O)NC4CCCCC4)ncnc32)cc1. The predicted molar refractivity (Wildman–Crippen MR) is 109 cm³/mol. The Kier molecular flexibility index (Phi) is 5.85. The van der Waals surface area contributed by atoms with E-state index in [4.69, 9.17) is 0 Å². The molecule has 4 rings (SSSR count). The number of hydrogen-bond donors (Lipinski definition) is 1. The Hall–Kier alpha value is -2.48. The number of nitrogens with one attached hydrogen (secondary N) is 1. The molecule has 0 atom stereocenters. The molecule has 1 N–H and O–H groups in total. The van der Waals surface area contributed by atoms with E-state index in [1.165, 1.54) is 42.9 Å².